The molecule has 1 aromatic rings. The van der Waals surface area contributed by atoms with Gasteiger partial charge in [0.1, 0.15) is 23.9 Å². The fourth-order valence-corrected chi connectivity index (χ4v) is 12.4. The van der Waals surface area contributed by atoms with Crippen LogP contribution in [-0.4, -0.2) is 123 Å². The molecule has 1 unspecified atom stereocenters. The first-order valence-corrected chi connectivity index (χ1v) is 16.2. The van der Waals surface area contributed by atoms with Crippen molar-refractivity contribution in [3.63, 3.8) is 0 Å². The molecule has 0 aromatic heterocycles. The highest BCUT2D eigenvalue weighted by molar-refractivity contribution is 5.89. The summed E-state index contributed by atoms with van der Waals surface area (Å²) in [6.07, 6.45) is -2.64. The highest BCUT2D eigenvalue weighted by Crippen LogP contribution is 2.80. The van der Waals surface area contributed by atoms with E-state index in [1.807, 2.05) is 6.07 Å². The SMILES string of the molecule is CCN1C[C@]2(COC)CC[C@H](OC)[C@@]34[C@@H]5C[C@@]6(O)[C@H](OC(=O)c7ccccc7)[C@@H]5[C@@](OC(C)=O)(C([C@H](OC)[C@H]23)[C@@H]14)[C@@H](O)[C@@H]6OC. The van der Waals surface area contributed by atoms with Crippen LogP contribution in [0.1, 0.15) is 43.5 Å². The van der Waals surface area contributed by atoms with Gasteiger partial charge < -0.3 is 38.6 Å². The van der Waals surface area contributed by atoms with E-state index in [4.69, 9.17) is 28.4 Å². The number of esters is 2. The molecule has 1 heterocycles. The van der Waals surface area contributed by atoms with E-state index in [0.29, 0.717) is 18.7 Å². The Morgan fingerprint density at radius 2 is 1.76 bits per heavy atom. The van der Waals surface area contributed by atoms with Crippen molar-refractivity contribution in [3.05, 3.63) is 35.9 Å². The van der Waals surface area contributed by atoms with Gasteiger partial charge in [0.2, 0.25) is 0 Å². The summed E-state index contributed by atoms with van der Waals surface area (Å²) in [6, 6.07) is 8.42. The van der Waals surface area contributed by atoms with Crippen molar-refractivity contribution >= 4 is 11.9 Å². The third-order valence-corrected chi connectivity index (χ3v) is 13.0. The number of carbonyl (C=O) groups is 2. The predicted octanol–water partition coefficient (Wildman–Crippen LogP) is 1.68. The molecule has 5 saturated carbocycles. The molecule has 7 bridgehead atoms. The minimum atomic E-state index is -1.76. The van der Waals surface area contributed by atoms with Gasteiger partial charge in [-0.3, -0.25) is 9.69 Å². The molecule has 11 heteroatoms. The van der Waals surface area contributed by atoms with Crippen LogP contribution in [0.2, 0.25) is 0 Å². The van der Waals surface area contributed by atoms with Crippen LogP contribution in [0.4, 0.5) is 0 Å². The van der Waals surface area contributed by atoms with E-state index in [0.717, 1.165) is 19.4 Å². The lowest BCUT2D eigenvalue weighted by Crippen LogP contribution is -2.80. The van der Waals surface area contributed by atoms with Gasteiger partial charge in [-0.1, -0.05) is 25.1 Å². The molecule has 1 saturated heterocycles. The number of piperidine rings is 1. The number of aliphatic hydroxyl groups excluding tert-OH is 1. The summed E-state index contributed by atoms with van der Waals surface area (Å²) in [6.45, 7) is 5.44. The molecule has 14 atom stereocenters. The topological polar surface area (TPSA) is 133 Å². The second kappa shape index (κ2) is 10.7. The molecule has 1 aliphatic heterocycles. The maximum Gasteiger partial charge on any atom is 0.338 e. The fourth-order valence-electron chi connectivity index (χ4n) is 12.4. The van der Waals surface area contributed by atoms with Gasteiger partial charge >= 0.3 is 11.9 Å². The zero-order chi connectivity index (χ0) is 32.1. The van der Waals surface area contributed by atoms with Crippen LogP contribution in [-0.2, 0) is 33.2 Å². The molecule has 7 rings (SSSR count). The highest BCUT2D eigenvalue weighted by Gasteiger charge is 2.91. The van der Waals surface area contributed by atoms with Gasteiger partial charge in [0, 0.05) is 76.5 Å². The number of carbonyl (C=O) groups excluding carboxylic acids is 2. The third kappa shape index (κ3) is 3.66. The lowest BCUT2D eigenvalue weighted by atomic mass is 9.43. The number of hydrogen-bond acceptors (Lipinski definition) is 11. The number of nitrogens with zero attached hydrogens (tertiary/aromatic N) is 1. The van der Waals surface area contributed by atoms with Crippen LogP contribution in [0.5, 0.6) is 0 Å². The number of likely N-dealkylation sites (tertiary alicyclic amines) is 1. The van der Waals surface area contributed by atoms with Crippen molar-refractivity contribution in [1.29, 1.82) is 0 Å². The van der Waals surface area contributed by atoms with Crippen molar-refractivity contribution in [1.82, 2.24) is 4.90 Å². The summed E-state index contributed by atoms with van der Waals surface area (Å²) in [5, 5.41) is 25.3. The summed E-state index contributed by atoms with van der Waals surface area (Å²) in [7, 11) is 6.59. The van der Waals surface area contributed by atoms with Crippen LogP contribution in [0.25, 0.3) is 0 Å². The first-order valence-electron chi connectivity index (χ1n) is 16.2. The van der Waals surface area contributed by atoms with Gasteiger partial charge in [-0.2, -0.15) is 0 Å². The van der Waals surface area contributed by atoms with Crippen LogP contribution >= 0.6 is 0 Å². The monoisotopic (exact) mass is 629 g/mol. The van der Waals surface area contributed by atoms with E-state index in [1.54, 1.807) is 45.6 Å². The van der Waals surface area contributed by atoms with E-state index in [2.05, 4.69) is 11.8 Å². The van der Waals surface area contributed by atoms with Crippen molar-refractivity contribution < 1.29 is 48.2 Å². The van der Waals surface area contributed by atoms with Crippen molar-refractivity contribution in [3.8, 4) is 0 Å². The summed E-state index contributed by atoms with van der Waals surface area (Å²) < 4.78 is 37.7. The van der Waals surface area contributed by atoms with Crippen molar-refractivity contribution in [2.45, 2.75) is 80.9 Å². The largest absolute Gasteiger partial charge is 0.455 e. The second-order valence-corrected chi connectivity index (χ2v) is 14.3. The first-order chi connectivity index (χ1) is 21.6. The van der Waals surface area contributed by atoms with Crippen LogP contribution < -0.4 is 0 Å². The number of aliphatic hydroxyl groups is 2. The molecular formula is C34H47NO10. The van der Waals surface area contributed by atoms with Crippen LogP contribution in [0.15, 0.2) is 30.3 Å². The maximum absolute atomic E-state index is 13.7. The van der Waals surface area contributed by atoms with E-state index in [9.17, 15) is 19.8 Å². The first kappa shape index (κ1) is 31.5. The summed E-state index contributed by atoms with van der Waals surface area (Å²) in [5.41, 5.74) is -3.92. The smallest absolute Gasteiger partial charge is 0.338 e. The minimum absolute atomic E-state index is 0.101. The zero-order valence-corrected chi connectivity index (χ0v) is 27.0. The molecular weight excluding hydrogens is 582 g/mol. The number of ether oxygens (including phenoxy) is 6. The van der Waals surface area contributed by atoms with Gasteiger partial charge in [0.25, 0.3) is 0 Å². The summed E-state index contributed by atoms with van der Waals surface area (Å²) in [4.78, 5) is 29.4. The number of hydrogen-bond donors (Lipinski definition) is 2. The molecule has 6 fully saturated rings. The normalized spacial score (nSPS) is 49.1. The molecule has 11 nitrogen and oxygen atoms in total. The van der Waals surface area contributed by atoms with Gasteiger partial charge in [0.05, 0.1) is 24.4 Å². The highest BCUT2D eigenvalue weighted by atomic mass is 16.6. The fraction of sp³-hybridized carbons (Fsp3) is 0.765. The molecule has 2 N–H and O–H groups in total. The second-order valence-electron chi connectivity index (χ2n) is 14.3. The Morgan fingerprint density at radius 1 is 1.02 bits per heavy atom. The molecule has 1 spiro atoms. The Hall–Kier alpha value is -2.12. The van der Waals surface area contributed by atoms with Crippen LogP contribution in [0, 0.1) is 34.5 Å². The molecule has 248 valence electrons. The summed E-state index contributed by atoms with van der Waals surface area (Å²) >= 11 is 0. The zero-order valence-electron chi connectivity index (χ0n) is 27.0. The van der Waals surface area contributed by atoms with Gasteiger partial charge in [-0.15, -0.1) is 0 Å². The number of rotatable bonds is 9. The Morgan fingerprint density at radius 3 is 2.36 bits per heavy atom. The Balaban J connectivity index is 1.52. The lowest BCUT2D eigenvalue weighted by Gasteiger charge is -2.69. The van der Waals surface area contributed by atoms with Crippen molar-refractivity contribution in [2.24, 2.45) is 34.5 Å². The van der Waals surface area contributed by atoms with Crippen LogP contribution in [0.3, 0.4) is 0 Å². The number of fused-ring (bicyclic) bond motifs is 2. The average molecular weight is 630 g/mol. The van der Waals surface area contributed by atoms with Gasteiger partial charge in [0.15, 0.2) is 5.60 Å². The molecule has 0 amide bonds. The molecule has 5 aliphatic carbocycles. The van der Waals surface area contributed by atoms with Crippen molar-refractivity contribution in [2.75, 3.05) is 48.1 Å². The van der Waals surface area contributed by atoms with Gasteiger partial charge in [-0.25, -0.2) is 4.79 Å². The van der Waals surface area contributed by atoms with Gasteiger partial charge in [-0.05, 0) is 43.9 Å². The Kier molecular flexibility index (Phi) is 7.48. The maximum atomic E-state index is 13.7. The average Bonchev–Trinajstić information content (AvgIpc) is 3.40. The Bertz CT molecular complexity index is 1330. The quantitative estimate of drug-likeness (QED) is 0.387. The molecule has 45 heavy (non-hydrogen) atoms. The van der Waals surface area contributed by atoms with E-state index >= 15 is 0 Å². The number of methoxy groups -OCH3 is 4. The molecule has 0 radical (unpaired) electrons. The summed E-state index contributed by atoms with van der Waals surface area (Å²) in [5.74, 6) is -2.95. The molecule has 6 aliphatic rings. The van der Waals surface area contributed by atoms with E-state index in [-0.39, 0.29) is 35.8 Å². The lowest BCUT2D eigenvalue weighted by molar-refractivity contribution is -0.317. The predicted molar refractivity (Wildman–Crippen MR) is 159 cm³/mol. The standard InChI is InChI=1S/C34H47NO10/c1-7-35-16-31(17-40-3)14-13-21(41-4)33-20-15-32(39)28(44-30(38)19-11-9-8-10-12-19)22(20)34(45-18(2)36,27(37)29(32)43-6)23(26(33)35)24(42-5)25(31)33/h8-12,20-29,37,39H,7,13-17H2,1-6H3/t20-,21+,22-,23?,24+,25-,26-,27+,28-,29+,31+,32-,33+,34-/m1/s1. The van der Waals surface area contributed by atoms with E-state index in [1.165, 1.54) is 14.0 Å². The Labute approximate surface area is 264 Å². The number of benzene rings is 1. The molecule has 1 aromatic carbocycles. The van der Waals surface area contributed by atoms with E-state index < -0.39 is 64.8 Å². The minimum Gasteiger partial charge on any atom is -0.455 e. The third-order valence-electron chi connectivity index (χ3n) is 13.0.